The number of ether oxygens (including phenoxy) is 1. The zero-order valence-corrected chi connectivity index (χ0v) is 15.0. The van der Waals surface area contributed by atoms with Crippen molar-refractivity contribution in [2.45, 2.75) is 31.5 Å². The Morgan fingerprint density at radius 3 is 2.65 bits per heavy atom. The van der Waals surface area contributed by atoms with E-state index in [4.69, 9.17) is 16.3 Å². The molecule has 0 bridgehead atoms. The molecule has 0 radical (unpaired) electrons. The Hall–Kier alpha value is -2.24. The molecule has 26 heavy (non-hydrogen) atoms. The second-order valence-electron chi connectivity index (χ2n) is 6.80. The van der Waals surface area contributed by atoms with Gasteiger partial charge in [-0.3, -0.25) is 14.6 Å². The lowest BCUT2D eigenvalue weighted by atomic mass is 9.83. The number of hydrogen-bond acceptors (Lipinski definition) is 4. The number of fused-ring (bicyclic) bond motifs is 2. The number of likely N-dealkylation sites (tertiary alicyclic amines) is 1. The van der Waals surface area contributed by atoms with Gasteiger partial charge >= 0.3 is 0 Å². The third-order valence-corrected chi connectivity index (χ3v) is 5.46. The van der Waals surface area contributed by atoms with Crippen LogP contribution in [0.4, 0.5) is 0 Å². The molecule has 1 saturated heterocycles. The first kappa shape index (κ1) is 17.2. The fourth-order valence-corrected chi connectivity index (χ4v) is 3.91. The van der Waals surface area contributed by atoms with E-state index in [1.54, 1.807) is 17.0 Å². The minimum Gasteiger partial charge on any atom is -0.365 e. The number of benzene rings is 1. The second-order valence-corrected chi connectivity index (χ2v) is 7.24. The molecule has 0 aliphatic carbocycles. The van der Waals surface area contributed by atoms with Crippen molar-refractivity contribution in [1.82, 2.24) is 9.88 Å². The van der Waals surface area contributed by atoms with Gasteiger partial charge in [0.2, 0.25) is 5.78 Å². The normalized spacial score (nSPS) is 18.0. The topological polar surface area (TPSA) is 59.5 Å². The van der Waals surface area contributed by atoms with Gasteiger partial charge < -0.3 is 9.64 Å². The van der Waals surface area contributed by atoms with E-state index in [1.165, 1.54) is 17.3 Å². The first-order chi connectivity index (χ1) is 12.6. The number of amides is 1. The highest BCUT2D eigenvalue weighted by Crippen LogP contribution is 2.43. The predicted octanol–water partition coefficient (Wildman–Crippen LogP) is 2.89. The summed E-state index contributed by atoms with van der Waals surface area (Å²) >= 11 is 5.79. The zero-order chi connectivity index (χ0) is 18.1. The molecule has 2 aromatic rings. The average molecular weight is 371 g/mol. The van der Waals surface area contributed by atoms with Crippen LogP contribution in [-0.4, -0.2) is 34.7 Å². The third-order valence-electron chi connectivity index (χ3n) is 5.24. The molecule has 1 spiro atoms. The fraction of sp³-hybridized carbons (Fsp3) is 0.350. The lowest BCUT2D eigenvalue weighted by Gasteiger charge is -2.39. The quantitative estimate of drug-likeness (QED) is 0.779. The third kappa shape index (κ3) is 3.13. The van der Waals surface area contributed by atoms with E-state index in [1.807, 2.05) is 12.1 Å². The molecule has 5 nitrogen and oxygen atoms in total. The van der Waals surface area contributed by atoms with Crippen LogP contribution in [-0.2, 0) is 33.0 Å². The number of nitrogens with zero attached hydrogens (tertiary/aromatic N) is 2. The lowest BCUT2D eigenvalue weighted by Crippen LogP contribution is -2.47. The first-order valence-corrected chi connectivity index (χ1v) is 9.10. The van der Waals surface area contributed by atoms with Gasteiger partial charge in [-0.05, 0) is 36.1 Å². The fourth-order valence-electron chi connectivity index (χ4n) is 3.80. The highest BCUT2D eigenvalue weighted by Gasteiger charge is 2.43. The van der Waals surface area contributed by atoms with E-state index in [0.29, 0.717) is 43.3 Å². The maximum atomic E-state index is 12.5. The van der Waals surface area contributed by atoms with Gasteiger partial charge in [-0.2, -0.15) is 0 Å². The van der Waals surface area contributed by atoms with Gasteiger partial charge in [0.05, 0.1) is 23.7 Å². The van der Waals surface area contributed by atoms with Crippen LogP contribution in [0.1, 0.15) is 29.7 Å². The van der Waals surface area contributed by atoms with Crippen LogP contribution in [0.15, 0.2) is 42.6 Å². The summed E-state index contributed by atoms with van der Waals surface area (Å²) in [4.78, 5) is 30.5. The SMILES string of the molecule is O=C(Cc1ccc(Cl)cn1)C(=O)N1CCC2(CC1)OCc1ccccc12. The molecule has 4 rings (SSSR count). The number of aromatic nitrogens is 1. The van der Waals surface area contributed by atoms with Gasteiger partial charge in [0.25, 0.3) is 5.91 Å². The molecule has 0 saturated carbocycles. The summed E-state index contributed by atoms with van der Waals surface area (Å²) in [5.41, 5.74) is 2.68. The molecule has 1 fully saturated rings. The maximum absolute atomic E-state index is 12.5. The Bertz CT molecular complexity index is 842. The summed E-state index contributed by atoms with van der Waals surface area (Å²) in [6.07, 6.45) is 2.90. The molecule has 0 atom stereocenters. The predicted molar refractivity (Wildman–Crippen MR) is 96.7 cm³/mol. The Balaban J connectivity index is 1.39. The van der Waals surface area contributed by atoms with Gasteiger partial charge in [0.1, 0.15) is 0 Å². The molecule has 2 aliphatic heterocycles. The average Bonchev–Trinajstić information content (AvgIpc) is 3.02. The van der Waals surface area contributed by atoms with Crippen molar-refractivity contribution >= 4 is 23.3 Å². The maximum Gasteiger partial charge on any atom is 0.290 e. The second kappa shape index (κ2) is 6.82. The van der Waals surface area contributed by atoms with Crippen molar-refractivity contribution in [3.8, 4) is 0 Å². The van der Waals surface area contributed by atoms with E-state index in [-0.39, 0.29) is 12.0 Å². The van der Waals surface area contributed by atoms with Crippen molar-refractivity contribution in [3.63, 3.8) is 0 Å². The number of rotatable bonds is 3. The number of Topliss-reactive ketones (excluding diaryl/α,β-unsaturated/α-hetero) is 1. The highest BCUT2D eigenvalue weighted by atomic mass is 35.5. The molecular weight excluding hydrogens is 352 g/mol. The number of hydrogen-bond donors (Lipinski definition) is 0. The Kier molecular flexibility index (Phi) is 4.51. The molecule has 3 heterocycles. The molecular formula is C20H19ClN2O3. The molecule has 2 aliphatic rings. The van der Waals surface area contributed by atoms with Crippen molar-refractivity contribution < 1.29 is 14.3 Å². The number of carbonyl (C=O) groups is 2. The van der Waals surface area contributed by atoms with Crippen molar-refractivity contribution in [1.29, 1.82) is 0 Å². The number of halogens is 1. The summed E-state index contributed by atoms with van der Waals surface area (Å²) in [5.74, 6) is -0.883. The zero-order valence-electron chi connectivity index (χ0n) is 14.3. The monoisotopic (exact) mass is 370 g/mol. The van der Waals surface area contributed by atoms with Gasteiger partial charge in [-0.15, -0.1) is 0 Å². The number of piperidine rings is 1. The lowest BCUT2D eigenvalue weighted by molar-refractivity contribution is -0.149. The van der Waals surface area contributed by atoms with E-state index in [9.17, 15) is 9.59 Å². The highest BCUT2D eigenvalue weighted by molar-refractivity contribution is 6.36. The smallest absolute Gasteiger partial charge is 0.290 e. The van der Waals surface area contributed by atoms with Crippen LogP contribution in [0.2, 0.25) is 5.02 Å². The molecule has 6 heteroatoms. The van der Waals surface area contributed by atoms with Crippen LogP contribution in [0.25, 0.3) is 0 Å². The molecule has 1 amide bonds. The molecule has 0 N–H and O–H groups in total. The minimum absolute atomic E-state index is 0.00300. The number of pyridine rings is 1. The number of ketones is 1. The van der Waals surface area contributed by atoms with Crippen molar-refractivity contribution in [2.24, 2.45) is 0 Å². The van der Waals surface area contributed by atoms with Crippen molar-refractivity contribution in [3.05, 3.63) is 64.4 Å². The summed E-state index contributed by atoms with van der Waals surface area (Å²) in [5, 5.41) is 0.505. The van der Waals surface area contributed by atoms with Crippen LogP contribution in [0.5, 0.6) is 0 Å². The summed E-state index contributed by atoms with van der Waals surface area (Å²) in [7, 11) is 0. The van der Waals surface area contributed by atoms with Crippen LogP contribution in [0, 0.1) is 0 Å². The van der Waals surface area contributed by atoms with Crippen molar-refractivity contribution in [2.75, 3.05) is 13.1 Å². The summed E-state index contributed by atoms with van der Waals surface area (Å²) in [6, 6.07) is 11.6. The minimum atomic E-state index is -0.442. The summed E-state index contributed by atoms with van der Waals surface area (Å²) < 4.78 is 6.10. The van der Waals surface area contributed by atoms with Gasteiger partial charge in [-0.1, -0.05) is 35.9 Å². The Labute approximate surface area is 156 Å². The van der Waals surface area contributed by atoms with Gasteiger partial charge in [-0.25, -0.2) is 0 Å². The van der Waals surface area contributed by atoms with Crippen LogP contribution in [0.3, 0.4) is 0 Å². The Morgan fingerprint density at radius 1 is 1.15 bits per heavy atom. The van der Waals surface area contributed by atoms with Crippen LogP contribution >= 0.6 is 11.6 Å². The van der Waals surface area contributed by atoms with E-state index >= 15 is 0 Å². The van der Waals surface area contributed by atoms with E-state index in [0.717, 1.165) is 0 Å². The summed E-state index contributed by atoms with van der Waals surface area (Å²) in [6.45, 7) is 1.66. The van der Waals surface area contributed by atoms with Crippen LogP contribution < -0.4 is 0 Å². The molecule has 0 unspecified atom stereocenters. The molecule has 134 valence electrons. The Morgan fingerprint density at radius 2 is 1.92 bits per heavy atom. The van der Waals surface area contributed by atoms with Gasteiger partial charge in [0, 0.05) is 25.0 Å². The largest absolute Gasteiger partial charge is 0.365 e. The standard InChI is InChI=1S/C20H19ClN2O3/c21-15-5-6-16(22-12-15)11-18(24)19(25)23-9-7-20(8-10-23)17-4-2-1-3-14(17)13-26-20/h1-6,12H,7-11,13H2. The van der Waals surface area contributed by atoms with Gasteiger partial charge in [0.15, 0.2) is 0 Å². The molecule has 1 aromatic heterocycles. The molecule has 1 aromatic carbocycles. The first-order valence-electron chi connectivity index (χ1n) is 8.72. The van der Waals surface area contributed by atoms with E-state index in [2.05, 4.69) is 17.1 Å². The number of carbonyl (C=O) groups excluding carboxylic acids is 2. The van der Waals surface area contributed by atoms with E-state index < -0.39 is 11.7 Å².